The van der Waals surface area contributed by atoms with Crippen molar-refractivity contribution >= 4 is 29.9 Å². The molecule has 0 saturated carbocycles. The van der Waals surface area contributed by atoms with Gasteiger partial charge in [-0.3, -0.25) is 4.79 Å². The Kier molecular flexibility index (Phi) is 7.65. The Balaban J connectivity index is 0.00000312. The monoisotopic (exact) mass is 394 g/mol. The summed E-state index contributed by atoms with van der Waals surface area (Å²) in [4.78, 5) is 13.2. The number of rotatable bonds is 7. The molecule has 1 aromatic carbocycles. The van der Waals surface area contributed by atoms with Crippen molar-refractivity contribution in [1.82, 2.24) is 25.5 Å². The predicted octanol–water partition coefficient (Wildman–Crippen LogP) is 2.08. The van der Waals surface area contributed by atoms with Crippen molar-refractivity contribution in [2.75, 3.05) is 13.1 Å². The molecule has 0 radical (unpaired) electrons. The van der Waals surface area contributed by atoms with Crippen LogP contribution in [0.3, 0.4) is 0 Å². The minimum atomic E-state index is -3.15. The van der Waals surface area contributed by atoms with E-state index in [9.17, 15) is 13.6 Å². The minimum Gasteiger partial charge on any atom is -0.348 e. The fourth-order valence-corrected chi connectivity index (χ4v) is 2.06. The molecule has 0 fully saturated rings. The van der Waals surface area contributed by atoms with E-state index in [0.717, 1.165) is 4.80 Å². The first-order valence-electron chi connectivity index (χ1n) is 7.27. The van der Waals surface area contributed by atoms with Gasteiger partial charge in [0, 0.05) is 10.6 Å². The van der Waals surface area contributed by atoms with Crippen LogP contribution in [0.4, 0.5) is 8.78 Å². The van der Waals surface area contributed by atoms with E-state index < -0.39 is 31.0 Å². The highest BCUT2D eigenvalue weighted by molar-refractivity contribution is 6.30. The molecule has 0 saturated heterocycles. The van der Waals surface area contributed by atoms with Gasteiger partial charge in [0.25, 0.3) is 5.92 Å². The molecular formula is C14H18Cl2F2N6O. The van der Waals surface area contributed by atoms with Crippen LogP contribution in [0.1, 0.15) is 19.4 Å². The van der Waals surface area contributed by atoms with Crippen molar-refractivity contribution < 1.29 is 13.6 Å². The first-order valence-corrected chi connectivity index (χ1v) is 7.65. The Labute approximate surface area is 154 Å². The summed E-state index contributed by atoms with van der Waals surface area (Å²) < 4.78 is 26.3. The van der Waals surface area contributed by atoms with Gasteiger partial charge in [0.2, 0.25) is 11.7 Å². The fraction of sp³-hybridized carbons (Fsp3) is 0.429. The second kappa shape index (κ2) is 9.02. The summed E-state index contributed by atoms with van der Waals surface area (Å²) in [6, 6.07) is 5.94. The number of carbonyl (C=O) groups is 1. The average molecular weight is 395 g/mol. The lowest BCUT2D eigenvalue weighted by Crippen LogP contribution is -2.44. The maximum atomic E-state index is 13.1. The molecule has 0 aliphatic rings. The molecule has 1 aromatic heterocycles. The van der Waals surface area contributed by atoms with Crippen molar-refractivity contribution in [1.29, 1.82) is 0 Å². The quantitative estimate of drug-likeness (QED) is 0.748. The van der Waals surface area contributed by atoms with Gasteiger partial charge in [-0.25, -0.2) is 8.78 Å². The number of hydrogen-bond donors (Lipinski definition) is 2. The van der Waals surface area contributed by atoms with Crippen LogP contribution in [0.15, 0.2) is 24.3 Å². The summed E-state index contributed by atoms with van der Waals surface area (Å²) in [6.07, 6.45) is 0.316. The van der Waals surface area contributed by atoms with E-state index in [1.165, 1.54) is 0 Å². The van der Waals surface area contributed by atoms with Gasteiger partial charge in [0.1, 0.15) is 0 Å². The van der Waals surface area contributed by atoms with Gasteiger partial charge < -0.3 is 11.1 Å². The van der Waals surface area contributed by atoms with Crippen molar-refractivity contribution in [3.05, 3.63) is 29.3 Å². The smallest absolute Gasteiger partial charge is 0.277 e. The van der Waals surface area contributed by atoms with Gasteiger partial charge in [0.15, 0.2) is 6.04 Å². The molecule has 11 heteroatoms. The van der Waals surface area contributed by atoms with Crippen LogP contribution < -0.4 is 11.1 Å². The van der Waals surface area contributed by atoms with Crippen LogP contribution in [0.5, 0.6) is 0 Å². The van der Waals surface area contributed by atoms with Crippen molar-refractivity contribution in [3.8, 4) is 11.4 Å². The molecule has 0 bridgehead atoms. The maximum Gasteiger partial charge on any atom is 0.277 e. The first-order chi connectivity index (χ1) is 11.4. The minimum absolute atomic E-state index is 0. The molecule has 3 N–H and O–H groups in total. The lowest BCUT2D eigenvalue weighted by Gasteiger charge is -2.17. The molecule has 7 nitrogen and oxygen atoms in total. The topological polar surface area (TPSA) is 98.7 Å². The van der Waals surface area contributed by atoms with Crippen LogP contribution in [0.25, 0.3) is 11.4 Å². The number of nitrogens with zero attached hydrogens (tertiary/aromatic N) is 4. The molecular weight excluding hydrogens is 377 g/mol. The van der Waals surface area contributed by atoms with Crippen LogP contribution in [0.2, 0.25) is 5.02 Å². The van der Waals surface area contributed by atoms with Crippen LogP contribution in [-0.4, -0.2) is 45.1 Å². The van der Waals surface area contributed by atoms with E-state index >= 15 is 0 Å². The Hall–Kier alpha value is -1.84. The number of tetrazole rings is 1. The van der Waals surface area contributed by atoms with Crippen molar-refractivity contribution in [3.63, 3.8) is 0 Å². The van der Waals surface area contributed by atoms with Gasteiger partial charge in [-0.15, -0.1) is 22.6 Å². The second-order valence-corrected chi connectivity index (χ2v) is 5.58. The van der Waals surface area contributed by atoms with Crippen LogP contribution in [0, 0.1) is 0 Å². The first kappa shape index (κ1) is 21.2. The van der Waals surface area contributed by atoms with Gasteiger partial charge in [0.05, 0.1) is 13.1 Å². The van der Waals surface area contributed by atoms with E-state index in [1.54, 1.807) is 31.2 Å². The number of nitrogens with two attached hydrogens (primary N) is 1. The highest BCUT2D eigenvalue weighted by Gasteiger charge is 2.30. The standard InChI is InChI=1S/C14H17ClF2N6O.ClH/c1-2-11(13(24)19-8-14(16,17)7-18)23-21-12(20-22-23)9-3-5-10(15)6-4-9;/h3-6,11H,2,7-8,18H2,1H3,(H,19,24);1H. The Morgan fingerprint density at radius 3 is 2.60 bits per heavy atom. The second-order valence-electron chi connectivity index (χ2n) is 5.14. The summed E-state index contributed by atoms with van der Waals surface area (Å²) in [7, 11) is 0. The highest BCUT2D eigenvalue weighted by Crippen LogP contribution is 2.18. The zero-order chi connectivity index (χ0) is 17.7. The van der Waals surface area contributed by atoms with Gasteiger partial charge in [-0.2, -0.15) is 4.80 Å². The summed E-state index contributed by atoms with van der Waals surface area (Å²) in [6.45, 7) is 0.0422. The third kappa shape index (κ3) is 5.58. The Bertz CT molecular complexity index is 695. The fourth-order valence-electron chi connectivity index (χ4n) is 1.93. The highest BCUT2D eigenvalue weighted by atomic mass is 35.5. The summed E-state index contributed by atoms with van der Waals surface area (Å²) >= 11 is 5.82. The summed E-state index contributed by atoms with van der Waals surface area (Å²) in [5.74, 6) is -3.46. The number of amides is 1. The molecule has 0 aliphatic carbocycles. The Morgan fingerprint density at radius 1 is 1.40 bits per heavy atom. The molecule has 0 aliphatic heterocycles. The molecule has 2 aromatic rings. The van der Waals surface area contributed by atoms with Crippen LogP contribution >= 0.6 is 24.0 Å². The van der Waals surface area contributed by atoms with E-state index in [1.807, 2.05) is 0 Å². The van der Waals surface area contributed by atoms with E-state index in [2.05, 4.69) is 20.7 Å². The molecule has 1 amide bonds. The predicted molar refractivity (Wildman–Crippen MR) is 91.9 cm³/mol. The van der Waals surface area contributed by atoms with Gasteiger partial charge >= 0.3 is 0 Å². The molecule has 1 atom stereocenters. The number of hydrogen-bond acceptors (Lipinski definition) is 5. The van der Waals surface area contributed by atoms with E-state index in [-0.39, 0.29) is 12.4 Å². The lowest BCUT2D eigenvalue weighted by atomic mass is 10.2. The average Bonchev–Trinajstić information content (AvgIpc) is 3.04. The van der Waals surface area contributed by atoms with Gasteiger partial charge in [-0.1, -0.05) is 18.5 Å². The number of carbonyl (C=O) groups excluding carboxylic acids is 1. The van der Waals surface area contributed by atoms with Crippen molar-refractivity contribution in [2.45, 2.75) is 25.3 Å². The van der Waals surface area contributed by atoms with E-state index in [0.29, 0.717) is 22.8 Å². The number of halogens is 4. The molecule has 1 unspecified atom stereocenters. The zero-order valence-corrected chi connectivity index (χ0v) is 14.9. The molecule has 2 rings (SSSR count). The maximum absolute atomic E-state index is 13.1. The zero-order valence-electron chi connectivity index (χ0n) is 13.3. The summed E-state index contributed by atoms with van der Waals surface area (Å²) in [5, 5.41) is 14.6. The van der Waals surface area contributed by atoms with E-state index in [4.69, 9.17) is 17.3 Å². The number of nitrogens with one attached hydrogen (secondary N) is 1. The third-order valence-corrected chi connectivity index (χ3v) is 3.57. The number of alkyl halides is 2. The molecule has 0 spiro atoms. The molecule has 138 valence electrons. The largest absolute Gasteiger partial charge is 0.348 e. The Morgan fingerprint density at radius 2 is 2.04 bits per heavy atom. The third-order valence-electron chi connectivity index (χ3n) is 3.32. The normalized spacial score (nSPS) is 12.4. The van der Waals surface area contributed by atoms with Gasteiger partial charge in [-0.05, 0) is 35.9 Å². The van der Waals surface area contributed by atoms with Crippen molar-refractivity contribution in [2.24, 2.45) is 5.73 Å². The number of aromatic nitrogens is 4. The SMILES string of the molecule is CCC(C(=O)NCC(F)(F)CN)n1nnc(-c2ccc(Cl)cc2)n1.Cl. The molecule has 1 heterocycles. The lowest BCUT2D eigenvalue weighted by molar-refractivity contribution is -0.126. The molecule has 25 heavy (non-hydrogen) atoms. The number of benzene rings is 1. The summed E-state index contributed by atoms with van der Waals surface area (Å²) in [5.41, 5.74) is 5.62. The van der Waals surface area contributed by atoms with Crippen LogP contribution in [-0.2, 0) is 4.79 Å².